The van der Waals surface area contributed by atoms with Gasteiger partial charge in [0.25, 0.3) is 5.91 Å². The number of hydrogen-bond donors (Lipinski definition) is 1. The molecule has 1 N–H and O–H groups in total. The smallest absolute Gasteiger partial charge is 0.317 e. The molecule has 3 rings (SSSR count). The zero-order valence-electron chi connectivity index (χ0n) is 22.3. The molecule has 10 nitrogen and oxygen atoms in total. The Balaban J connectivity index is 2.08. The van der Waals surface area contributed by atoms with Crippen molar-refractivity contribution in [3.8, 4) is 11.5 Å². The number of benzene rings is 3. The maximum atomic E-state index is 13.6. The minimum atomic E-state index is -2.31. The molecule has 0 bridgehead atoms. The largest absolute Gasteiger partial charge is 0.497 e. The van der Waals surface area contributed by atoms with E-state index in [1.807, 2.05) is 0 Å². The van der Waals surface area contributed by atoms with Gasteiger partial charge in [0.1, 0.15) is 23.3 Å². The summed E-state index contributed by atoms with van der Waals surface area (Å²) in [6.07, 6.45) is 0. The third kappa shape index (κ3) is 6.47. The van der Waals surface area contributed by atoms with E-state index >= 15 is 0 Å². The van der Waals surface area contributed by atoms with E-state index in [4.69, 9.17) is 14.2 Å². The van der Waals surface area contributed by atoms with Crippen molar-refractivity contribution < 1.29 is 43.0 Å². The van der Waals surface area contributed by atoms with Crippen molar-refractivity contribution >= 4 is 40.7 Å². The summed E-state index contributed by atoms with van der Waals surface area (Å²) in [7, 11) is 3.71. The lowest BCUT2D eigenvalue weighted by atomic mass is 9.78. The Labute approximate surface area is 230 Å². The minimum Gasteiger partial charge on any atom is -0.497 e. The van der Waals surface area contributed by atoms with Crippen LogP contribution >= 0.6 is 0 Å². The van der Waals surface area contributed by atoms with Crippen LogP contribution in [0.15, 0.2) is 72.8 Å². The summed E-state index contributed by atoms with van der Waals surface area (Å²) >= 11 is 0. The van der Waals surface area contributed by atoms with E-state index in [0.717, 1.165) is 12.7 Å². The third-order valence-corrected chi connectivity index (χ3v) is 6.11. The number of nitrogens with one attached hydrogen (secondary N) is 1. The van der Waals surface area contributed by atoms with E-state index in [2.05, 4.69) is 5.32 Å². The number of anilines is 1. The average molecular weight is 546 g/mol. The summed E-state index contributed by atoms with van der Waals surface area (Å²) in [6, 6.07) is 17.6. The summed E-state index contributed by atoms with van der Waals surface area (Å²) in [6.45, 7) is 1.77. The maximum Gasteiger partial charge on any atom is 0.317 e. The van der Waals surface area contributed by atoms with Gasteiger partial charge >= 0.3 is 5.97 Å². The van der Waals surface area contributed by atoms with E-state index in [1.54, 1.807) is 25.1 Å². The van der Waals surface area contributed by atoms with Crippen LogP contribution in [0.1, 0.15) is 26.3 Å². The van der Waals surface area contributed by atoms with Gasteiger partial charge in [0, 0.05) is 17.2 Å². The molecule has 10 heteroatoms. The highest BCUT2D eigenvalue weighted by Crippen LogP contribution is 2.30. The van der Waals surface area contributed by atoms with Gasteiger partial charge in [0.05, 0.1) is 27.0 Å². The summed E-state index contributed by atoms with van der Waals surface area (Å²) in [5, 5.41) is 2.33. The molecule has 0 fully saturated rings. The quantitative estimate of drug-likeness (QED) is 0.157. The highest BCUT2D eigenvalue weighted by molar-refractivity contribution is 6.55. The second-order valence-electron chi connectivity index (χ2n) is 8.65. The van der Waals surface area contributed by atoms with Crippen molar-refractivity contribution in [2.75, 3.05) is 26.6 Å². The maximum absolute atomic E-state index is 13.6. The minimum absolute atomic E-state index is 0.0245. The molecule has 0 aromatic heterocycles. The lowest BCUT2D eigenvalue weighted by Crippen LogP contribution is -2.47. The van der Waals surface area contributed by atoms with E-state index < -0.39 is 46.8 Å². The molecular weight excluding hydrogens is 518 g/mol. The van der Waals surface area contributed by atoms with Crippen LogP contribution in [0.2, 0.25) is 0 Å². The van der Waals surface area contributed by atoms with Gasteiger partial charge in [-0.05, 0) is 19.1 Å². The monoisotopic (exact) mass is 545 g/mol. The predicted molar refractivity (Wildman–Crippen MR) is 143 cm³/mol. The van der Waals surface area contributed by atoms with Crippen molar-refractivity contribution in [2.45, 2.75) is 6.92 Å². The number of esters is 1. The van der Waals surface area contributed by atoms with Crippen LogP contribution in [-0.4, -0.2) is 56.3 Å². The lowest BCUT2D eigenvalue weighted by molar-refractivity contribution is -0.151. The number of methoxy groups -OCH3 is 3. The number of carbonyl (C=O) groups is 6. The number of Topliss-reactive ketones (excluding diaryl/α,β-unsaturated/α-hetero) is 4. The second-order valence-corrected chi connectivity index (χ2v) is 8.65. The van der Waals surface area contributed by atoms with Gasteiger partial charge < -0.3 is 19.5 Å². The van der Waals surface area contributed by atoms with Crippen LogP contribution in [0.3, 0.4) is 0 Å². The Bertz CT molecular complexity index is 1450. The number of rotatable bonds is 12. The fourth-order valence-electron chi connectivity index (χ4n) is 3.94. The average Bonchev–Trinajstić information content (AvgIpc) is 2.99. The Morgan fingerprint density at radius 3 is 1.93 bits per heavy atom. The summed E-state index contributed by atoms with van der Waals surface area (Å²) < 4.78 is 15.1. The van der Waals surface area contributed by atoms with Gasteiger partial charge in [-0.15, -0.1) is 0 Å². The Morgan fingerprint density at radius 2 is 1.35 bits per heavy atom. The molecule has 0 aliphatic carbocycles. The number of carbonyl (C=O) groups excluding carboxylic acids is 6. The third-order valence-electron chi connectivity index (χ3n) is 6.11. The Hall–Kier alpha value is -5.12. The van der Waals surface area contributed by atoms with Crippen LogP contribution < -0.4 is 14.8 Å². The van der Waals surface area contributed by atoms with Crippen LogP contribution in [-0.2, 0) is 23.9 Å². The van der Waals surface area contributed by atoms with Gasteiger partial charge in [-0.3, -0.25) is 28.8 Å². The van der Waals surface area contributed by atoms with E-state index in [1.165, 1.54) is 68.8 Å². The fourth-order valence-corrected chi connectivity index (χ4v) is 3.94. The first-order chi connectivity index (χ1) is 19.1. The van der Waals surface area contributed by atoms with Crippen molar-refractivity contribution in [3.63, 3.8) is 0 Å². The number of amides is 1. The fraction of sp³-hybridized carbons (Fsp3) is 0.200. The van der Waals surface area contributed by atoms with Crippen molar-refractivity contribution in [2.24, 2.45) is 11.8 Å². The highest BCUT2D eigenvalue weighted by atomic mass is 16.5. The van der Waals surface area contributed by atoms with Crippen molar-refractivity contribution in [1.82, 2.24) is 0 Å². The molecule has 206 valence electrons. The molecule has 0 aliphatic heterocycles. The molecule has 0 radical (unpaired) electrons. The van der Waals surface area contributed by atoms with Gasteiger partial charge in [-0.25, -0.2) is 0 Å². The van der Waals surface area contributed by atoms with Gasteiger partial charge in [-0.2, -0.15) is 0 Å². The van der Waals surface area contributed by atoms with Gasteiger partial charge in [-0.1, -0.05) is 60.2 Å². The van der Waals surface area contributed by atoms with Crippen LogP contribution in [0.5, 0.6) is 11.5 Å². The number of ketones is 4. The number of hydrogen-bond acceptors (Lipinski definition) is 9. The molecule has 3 aromatic rings. The lowest BCUT2D eigenvalue weighted by Gasteiger charge is -2.22. The molecule has 3 aromatic carbocycles. The second kappa shape index (κ2) is 13.1. The molecule has 1 amide bonds. The molecule has 2 atom stereocenters. The van der Waals surface area contributed by atoms with E-state index in [9.17, 15) is 28.8 Å². The zero-order chi connectivity index (χ0) is 29.4. The van der Waals surface area contributed by atoms with Gasteiger partial charge in [0.15, 0.2) is 5.78 Å². The van der Waals surface area contributed by atoms with Crippen LogP contribution in [0.25, 0.3) is 0 Å². The SMILES string of the molecule is COC(=O)[C@H](C(=O)c1ccccc1)[C@@H](C(=O)C(=O)Nc1ccc(OC)cc1OC)C(=O)C(=O)c1ccc(C)cc1. The van der Waals surface area contributed by atoms with Crippen molar-refractivity contribution in [1.29, 1.82) is 0 Å². The summed E-state index contributed by atoms with van der Waals surface area (Å²) in [5.41, 5.74) is 0.739. The first-order valence-electron chi connectivity index (χ1n) is 12.0. The zero-order valence-corrected chi connectivity index (χ0v) is 22.3. The summed E-state index contributed by atoms with van der Waals surface area (Å²) in [5.74, 6) is -11.5. The van der Waals surface area contributed by atoms with Crippen LogP contribution in [0, 0.1) is 18.8 Å². The van der Waals surface area contributed by atoms with E-state index in [0.29, 0.717) is 5.75 Å². The van der Waals surface area contributed by atoms with Gasteiger partial charge in [0.2, 0.25) is 17.3 Å². The van der Waals surface area contributed by atoms with E-state index in [-0.39, 0.29) is 22.6 Å². The molecule has 0 heterocycles. The highest BCUT2D eigenvalue weighted by Gasteiger charge is 2.49. The molecule has 0 aliphatic rings. The molecular formula is C30H27NO9. The standard InChI is InChI=1S/C30H27NO9/c1-17-10-12-19(13-11-17)26(33)27(34)23(24(30(37)40-4)25(32)18-8-6-5-7-9-18)28(35)29(36)31-21-15-14-20(38-2)16-22(21)39-3/h5-16,23-24H,1-4H3,(H,31,36)/t23-,24+/m1/s1. The predicted octanol–water partition coefficient (Wildman–Crippen LogP) is 3.26. The topological polar surface area (TPSA) is 142 Å². The Morgan fingerprint density at radius 1 is 0.700 bits per heavy atom. The molecule has 40 heavy (non-hydrogen) atoms. The molecule has 0 unspecified atom stereocenters. The first kappa shape index (κ1) is 29.4. The number of aryl methyl sites for hydroxylation is 1. The normalized spacial score (nSPS) is 11.9. The van der Waals surface area contributed by atoms with Crippen molar-refractivity contribution in [3.05, 3.63) is 89.5 Å². The molecule has 0 saturated heterocycles. The first-order valence-corrected chi connectivity index (χ1v) is 12.0. The molecule has 0 saturated carbocycles. The number of ether oxygens (including phenoxy) is 3. The molecule has 0 spiro atoms. The van der Waals surface area contributed by atoms with Crippen LogP contribution in [0.4, 0.5) is 5.69 Å². The summed E-state index contributed by atoms with van der Waals surface area (Å²) in [4.78, 5) is 79.9. The Kier molecular flexibility index (Phi) is 9.64.